The molecule has 0 saturated carbocycles. The monoisotopic (exact) mass is 333 g/mol. The first-order valence-electron chi connectivity index (χ1n) is 7.28. The van der Waals surface area contributed by atoms with E-state index in [2.05, 4.69) is 0 Å². The molecule has 0 fully saturated rings. The van der Waals surface area contributed by atoms with E-state index in [1.54, 1.807) is 12.0 Å². The van der Waals surface area contributed by atoms with Crippen molar-refractivity contribution in [2.45, 2.75) is 13.5 Å². The molecule has 2 aromatic rings. The molecule has 2 aromatic carbocycles. The third-order valence-electron chi connectivity index (χ3n) is 3.34. The molecule has 23 heavy (non-hydrogen) atoms. The van der Waals surface area contributed by atoms with Gasteiger partial charge < -0.3 is 14.4 Å². The minimum Gasteiger partial charge on any atom is -0.465 e. The van der Waals surface area contributed by atoms with E-state index in [4.69, 9.17) is 21.1 Å². The largest absolute Gasteiger partial charge is 0.465 e. The lowest BCUT2D eigenvalue weighted by atomic mass is 10.1. The van der Waals surface area contributed by atoms with E-state index in [0.29, 0.717) is 18.0 Å². The first-order valence-corrected chi connectivity index (χ1v) is 7.81. The molecule has 4 nitrogen and oxygen atoms in total. The Morgan fingerprint density at radius 2 is 1.91 bits per heavy atom. The summed E-state index contributed by atoms with van der Waals surface area (Å²) in [5.41, 5.74) is 2.74. The first kappa shape index (κ1) is 17.3. The van der Waals surface area contributed by atoms with Crippen LogP contribution in [-0.2, 0) is 16.1 Å². The molecule has 1 amide bonds. The zero-order chi connectivity index (χ0) is 16.7. The van der Waals surface area contributed by atoms with Gasteiger partial charge in [0.2, 0.25) is 5.91 Å². The predicted octanol–water partition coefficient (Wildman–Crippen LogP) is 3.75. The lowest BCUT2D eigenvalue weighted by Crippen LogP contribution is -2.32. The van der Waals surface area contributed by atoms with Crippen molar-refractivity contribution >= 4 is 23.2 Å². The molecule has 0 aliphatic rings. The summed E-state index contributed by atoms with van der Waals surface area (Å²) in [6.07, 6.45) is 0. The Bertz CT molecular complexity index is 646. The van der Waals surface area contributed by atoms with Gasteiger partial charge in [0.1, 0.15) is 11.6 Å². The maximum absolute atomic E-state index is 12.4. The van der Waals surface area contributed by atoms with E-state index in [1.165, 1.54) is 0 Å². The summed E-state index contributed by atoms with van der Waals surface area (Å²) in [6, 6.07) is 15.5. The summed E-state index contributed by atoms with van der Waals surface area (Å²) in [5.74, 6) is 0.319. The molecular weight excluding hydrogens is 314 g/mol. The molecule has 5 heteroatoms. The van der Waals surface area contributed by atoms with E-state index in [0.717, 1.165) is 11.1 Å². The van der Waals surface area contributed by atoms with Crippen molar-refractivity contribution in [2.24, 2.45) is 0 Å². The van der Waals surface area contributed by atoms with E-state index < -0.39 is 0 Å². The Hall–Kier alpha value is -2.04. The summed E-state index contributed by atoms with van der Waals surface area (Å²) in [5, 5.41) is 0. The zero-order valence-electron chi connectivity index (χ0n) is 13.3. The number of hydrogen-bond donors (Lipinski definition) is 0. The van der Waals surface area contributed by atoms with Crippen LogP contribution in [0, 0.1) is 6.92 Å². The lowest BCUT2D eigenvalue weighted by molar-refractivity contribution is -0.116. The minimum atomic E-state index is -0.177. The average molecular weight is 334 g/mol. The van der Waals surface area contributed by atoms with E-state index in [1.807, 2.05) is 55.5 Å². The number of hydrogen-bond acceptors (Lipinski definition) is 3. The maximum atomic E-state index is 12.4. The van der Waals surface area contributed by atoms with Gasteiger partial charge in [-0.25, -0.2) is 0 Å². The van der Waals surface area contributed by atoms with Crippen LogP contribution in [0.1, 0.15) is 11.1 Å². The number of ether oxygens (including phenoxy) is 2. The van der Waals surface area contributed by atoms with Gasteiger partial charge >= 0.3 is 0 Å². The minimum absolute atomic E-state index is 0.0928. The molecule has 0 unspecified atom stereocenters. The third-order valence-corrected chi connectivity index (χ3v) is 3.57. The number of carbonyl (C=O) groups is 1. The lowest BCUT2D eigenvalue weighted by Gasteiger charge is -2.25. The number of alkyl halides is 1. The van der Waals surface area contributed by atoms with Crippen molar-refractivity contribution in [2.75, 3.05) is 24.7 Å². The second-order valence-corrected chi connectivity index (χ2v) is 5.39. The standard InChI is InChI=1S/C18H20ClNO3/c1-14-8-9-17(23-13-22-2)16(10-14)20(18(21)11-19)12-15-6-4-3-5-7-15/h3-10H,11-13H2,1-2H3. The maximum Gasteiger partial charge on any atom is 0.242 e. The zero-order valence-corrected chi connectivity index (χ0v) is 14.0. The SMILES string of the molecule is COCOc1ccc(C)cc1N(Cc1ccccc1)C(=O)CCl. The molecule has 0 saturated heterocycles. The number of halogens is 1. The van der Waals surface area contributed by atoms with Crippen LogP contribution in [0.15, 0.2) is 48.5 Å². The molecule has 0 aliphatic carbocycles. The van der Waals surface area contributed by atoms with Gasteiger partial charge in [0, 0.05) is 7.11 Å². The number of methoxy groups -OCH3 is 1. The summed E-state index contributed by atoms with van der Waals surface area (Å²) < 4.78 is 10.6. The molecule has 0 radical (unpaired) electrons. The summed E-state index contributed by atoms with van der Waals surface area (Å²) in [7, 11) is 1.56. The van der Waals surface area contributed by atoms with Crippen LogP contribution >= 0.6 is 11.6 Å². The highest BCUT2D eigenvalue weighted by Crippen LogP contribution is 2.31. The number of nitrogens with zero attached hydrogens (tertiary/aromatic N) is 1. The van der Waals surface area contributed by atoms with Gasteiger partial charge in [-0.3, -0.25) is 4.79 Å². The molecule has 122 valence electrons. The van der Waals surface area contributed by atoms with Gasteiger partial charge in [-0.2, -0.15) is 0 Å². The second-order valence-electron chi connectivity index (χ2n) is 5.12. The fourth-order valence-corrected chi connectivity index (χ4v) is 2.37. The molecule has 0 bridgehead atoms. The smallest absolute Gasteiger partial charge is 0.242 e. The van der Waals surface area contributed by atoms with Crippen molar-refractivity contribution in [1.29, 1.82) is 0 Å². The number of carbonyl (C=O) groups excluding carboxylic acids is 1. The highest BCUT2D eigenvalue weighted by atomic mass is 35.5. The quantitative estimate of drug-likeness (QED) is 0.572. The normalized spacial score (nSPS) is 10.4. The molecule has 0 atom stereocenters. The Morgan fingerprint density at radius 1 is 1.17 bits per heavy atom. The van der Waals surface area contributed by atoms with Crippen LogP contribution in [0.5, 0.6) is 5.75 Å². The Labute approximate surface area is 141 Å². The first-order chi connectivity index (χ1) is 11.2. The van der Waals surface area contributed by atoms with Gasteiger partial charge in [-0.05, 0) is 30.2 Å². The Kier molecular flexibility index (Phi) is 6.44. The summed E-state index contributed by atoms with van der Waals surface area (Å²) in [6.45, 7) is 2.51. The highest BCUT2D eigenvalue weighted by Gasteiger charge is 2.19. The molecule has 2 rings (SSSR count). The Balaban J connectivity index is 2.38. The van der Waals surface area contributed by atoms with Crippen LogP contribution in [0.4, 0.5) is 5.69 Å². The van der Waals surface area contributed by atoms with Gasteiger partial charge in [-0.15, -0.1) is 11.6 Å². The Morgan fingerprint density at radius 3 is 2.57 bits per heavy atom. The topological polar surface area (TPSA) is 38.8 Å². The van der Waals surface area contributed by atoms with Gasteiger partial charge in [0.25, 0.3) is 0 Å². The van der Waals surface area contributed by atoms with Gasteiger partial charge in [0.05, 0.1) is 12.2 Å². The molecule has 0 N–H and O–H groups in total. The number of anilines is 1. The van der Waals surface area contributed by atoms with Crippen molar-refractivity contribution < 1.29 is 14.3 Å². The number of aryl methyl sites for hydroxylation is 1. The predicted molar refractivity (Wildman–Crippen MR) is 92.0 cm³/mol. The highest BCUT2D eigenvalue weighted by molar-refractivity contribution is 6.29. The van der Waals surface area contributed by atoms with Crippen LogP contribution in [0.3, 0.4) is 0 Å². The number of rotatable bonds is 7. The van der Waals surface area contributed by atoms with Crippen molar-refractivity contribution in [3.05, 3.63) is 59.7 Å². The fourth-order valence-electron chi connectivity index (χ4n) is 2.23. The molecule has 0 spiro atoms. The average Bonchev–Trinajstić information content (AvgIpc) is 2.59. The van der Waals surface area contributed by atoms with Gasteiger partial charge in [0.15, 0.2) is 6.79 Å². The molecular formula is C18H20ClNO3. The molecule has 0 aromatic heterocycles. The number of benzene rings is 2. The van der Waals surface area contributed by atoms with Crippen LogP contribution in [0.2, 0.25) is 0 Å². The van der Waals surface area contributed by atoms with Crippen molar-refractivity contribution in [3.63, 3.8) is 0 Å². The molecule has 0 aliphatic heterocycles. The molecule has 0 heterocycles. The van der Waals surface area contributed by atoms with Crippen LogP contribution in [-0.4, -0.2) is 25.7 Å². The van der Waals surface area contributed by atoms with E-state index >= 15 is 0 Å². The second kappa shape index (κ2) is 8.56. The van der Waals surface area contributed by atoms with Crippen LogP contribution in [0.25, 0.3) is 0 Å². The summed E-state index contributed by atoms with van der Waals surface area (Å²) >= 11 is 5.80. The van der Waals surface area contributed by atoms with E-state index in [-0.39, 0.29) is 18.6 Å². The van der Waals surface area contributed by atoms with Crippen LogP contribution < -0.4 is 9.64 Å². The van der Waals surface area contributed by atoms with Crippen molar-refractivity contribution in [3.8, 4) is 5.75 Å². The van der Waals surface area contributed by atoms with Crippen molar-refractivity contribution in [1.82, 2.24) is 0 Å². The van der Waals surface area contributed by atoms with Gasteiger partial charge in [-0.1, -0.05) is 36.4 Å². The fraction of sp³-hybridized carbons (Fsp3) is 0.278. The van der Waals surface area contributed by atoms with E-state index in [9.17, 15) is 4.79 Å². The summed E-state index contributed by atoms with van der Waals surface area (Å²) in [4.78, 5) is 14.0. The third kappa shape index (κ3) is 4.71. The number of amides is 1.